The van der Waals surface area contributed by atoms with Crippen molar-refractivity contribution in [3.63, 3.8) is 0 Å². The van der Waals surface area contributed by atoms with Gasteiger partial charge in [0.25, 0.3) is 0 Å². The normalized spacial score (nSPS) is 29.0. The minimum atomic E-state index is -1.42. The zero-order valence-corrected chi connectivity index (χ0v) is 26.7. The Morgan fingerprint density at radius 1 is 1.23 bits per heavy atom. The van der Waals surface area contributed by atoms with E-state index < -0.39 is 53.1 Å². The first-order valence-electron chi connectivity index (χ1n) is 14.4. The van der Waals surface area contributed by atoms with Crippen LogP contribution in [0.25, 0.3) is 10.7 Å². The van der Waals surface area contributed by atoms with E-state index in [1.807, 2.05) is 24.3 Å². The Morgan fingerprint density at radius 2 is 2.02 bits per heavy atom. The molecule has 13 nitrogen and oxygen atoms in total. The van der Waals surface area contributed by atoms with Crippen molar-refractivity contribution in [1.29, 1.82) is 0 Å². The van der Waals surface area contributed by atoms with Gasteiger partial charge in [-0.25, -0.2) is 9.59 Å². The molecule has 43 heavy (non-hydrogen) atoms. The topological polar surface area (TPSA) is 169 Å². The van der Waals surface area contributed by atoms with E-state index in [-0.39, 0.29) is 25.3 Å². The van der Waals surface area contributed by atoms with Crippen molar-refractivity contribution in [2.75, 3.05) is 6.54 Å². The SMILES string of the molecule is CC(C)(C)OC(=O)N[C@H]1CCCCC/C=C\[C@@H]2C[C@]2(C(=O)O)NC(=O)[C@@H]2C[C@H](n3nnc(-c4ccc(Br)s4)n3)CN2C1=O. The molecule has 3 amide bonds. The van der Waals surface area contributed by atoms with Gasteiger partial charge in [0.15, 0.2) is 0 Å². The molecule has 5 rings (SSSR count). The minimum absolute atomic E-state index is 0.0801. The molecule has 0 bridgehead atoms. The highest BCUT2D eigenvalue weighted by Gasteiger charge is 2.61. The number of allylic oxidation sites excluding steroid dienone is 1. The van der Waals surface area contributed by atoms with Crippen LogP contribution < -0.4 is 10.6 Å². The first kappa shape index (κ1) is 31.1. The molecule has 0 unspecified atom stereocenters. The molecule has 2 aliphatic heterocycles. The minimum Gasteiger partial charge on any atom is -0.479 e. The first-order valence-corrected chi connectivity index (χ1v) is 16.0. The van der Waals surface area contributed by atoms with Crippen molar-refractivity contribution in [2.24, 2.45) is 5.92 Å². The largest absolute Gasteiger partial charge is 0.479 e. The number of ether oxygens (including phenoxy) is 1. The summed E-state index contributed by atoms with van der Waals surface area (Å²) < 4.78 is 6.35. The molecule has 2 aromatic heterocycles. The number of alkyl carbamates (subject to hydrolysis) is 1. The molecule has 15 heteroatoms. The van der Waals surface area contributed by atoms with Crippen LogP contribution in [0.2, 0.25) is 0 Å². The standard InChI is InChI=1S/C28H36BrN7O6S/c1-27(2,3)42-26(41)30-18-10-8-6-4-5-7-9-16-14-28(16,25(39)40)31-23(37)19-13-17(15-35(19)24(18)38)36-33-22(32-34-36)20-11-12-21(29)43-20/h7,9,11-12,16-19H,4-6,8,10,13-15H2,1-3H3,(H,30,41)(H,31,37)(H,39,40)/b9-7-/t16-,17+,18+,19+,28+/m1/s1. The van der Waals surface area contributed by atoms with E-state index in [2.05, 4.69) is 42.0 Å². The summed E-state index contributed by atoms with van der Waals surface area (Å²) in [5.74, 6) is -2.03. The quantitative estimate of drug-likeness (QED) is 0.409. The Hall–Kier alpha value is -3.33. The average molecular weight is 679 g/mol. The molecular formula is C28H36BrN7O6S. The van der Waals surface area contributed by atoms with Gasteiger partial charge in [-0.05, 0) is 79.7 Å². The number of tetrazole rings is 1. The van der Waals surface area contributed by atoms with E-state index >= 15 is 0 Å². The molecule has 2 aromatic rings. The summed E-state index contributed by atoms with van der Waals surface area (Å²) in [5.41, 5.74) is -2.18. The number of halogens is 1. The Balaban J connectivity index is 1.44. The van der Waals surface area contributed by atoms with Crippen LogP contribution in [0.5, 0.6) is 0 Å². The number of hydrogen-bond donors (Lipinski definition) is 3. The van der Waals surface area contributed by atoms with Gasteiger partial charge in [0.2, 0.25) is 17.6 Å². The van der Waals surface area contributed by atoms with Crippen LogP contribution in [0, 0.1) is 5.92 Å². The first-order chi connectivity index (χ1) is 20.4. The number of nitrogens with one attached hydrogen (secondary N) is 2. The molecule has 1 saturated carbocycles. The Labute approximate surface area is 261 Å². The number of carbonyl (C=O) groups excluding carboxylic acids is 3. The van der Waals surface area contributed by atoms with Gasteiger partial charge in [-0.2, -0.15) is 4.80 Å². The second-order valence-corrected chi connectivity index (χ2v) is 14.7. The number of hydrogen-bond acceptors (Lipinski definition) is 9. The third-order valence-corrected chi connectivity index (χ3v) is 9.50. The summed E-state index contributed by atoms with van der Waals surface area (Å²) in [6.45, 7) is 5.29. The van der Waals surface area contributed by atoms with Crippen molar-refractivity contribution in [3.05, 3.63) is 28.1 Å². The van der Waals surface area contributed by atoms with E-state index in [4.69, 9.17) is 4.74 Å². The molecule has 5 atom stereocenters. The fraction of sp³-hybridized carbons (Fsp3) is 0.607. The molecule has 0 radical (unpaired) electrons. The molecular weight excluding hydrogens is 642 g/mol. The summed E-state index contributed by atoms with van der Waals surface area (Å²) in [5, 5.41) is 28.4. The predicted octanol–water partition coefficient (Wildman–Crippen LogP) is 3.68. The lowest BCUT2D eigenvalue weighted by atomic mass is 10.0. The number of nitrogens with zero attached hydrogens (tertiary/aromatic N) is 5. The highest BCUT2D eigenvalue weighted by Crippen LogP contribution is 2.45. The van der Waals surface area contributed by atoms with Gasteiger partial charge in [-0.3, -0.25) is 9.59 Å². The van der Waals surface area contributed by atoms with Crippen LogP contribution in [-0.2, 0) is 19.1 Å². The molecule has 0 spiro atoms. The third-order valence-electron chi connectivity index (χ3n) is 7.88. The van der Waals surface area contributed by atoms with Crippen molar-refractivity contribution < 1.29 is 29.0 Å². The van der Waals surface area contributed by atoms with Crippen molar-refractivity contribution in [2.45, 2.75) is 95.0 Å². The zero-order valence-electron chi connectivity index (χ0n) is 24.3. The van der Waals surface area contributed by atoms with E-state index in [0.717, 1.165) is 27.9 Å². The van der Waals surface area contributed by atoms with Gasteiger partial charge in [0.1, 0.15) is 23.2 Å². The van der Waals surface area contributed by atoms with Crippen LogP contribution in [-0.4, -0.2) is 83.9 Å². The van der Waals surface area contributed by atoms with Crippen LogP contribution in [0.15, 0.2) is 28.1 Å². The molecule has 2 fully saturated rings. The zero-order chi connectivity index (χ0) is 30.9. The van der Waals surface area contributed by atoms with Crippen LogP contribution >= 0.6 is 27.3 Å². The van der Waals surface area contributed by atoms with Crippen molar-refractivity contribution in [3.8, 4) is 10.7 Å². The summed E-state index contributed by atoms with van der Waals surface area (Å²) in [4.78, 5) is 56.5. The molecule has 3 N–H and O–H groups in total. The van der Waals surface area contributed by atoms with Gasteiger partial charge >= 0.3 is 12.1 Å². The fourth-order valence-electron chi connectivity index (χ4n) is 5.61. The van der Waals surface area contributed by atoms with Gasteiger partial charge in [-0.1, -0.05) is 25.0 Å². The lowest BCUT2D eigenvalue weighted by Gasteiger charge is -2.30. The van der Waals surface area contributed by atoms with Gasteiger partial charge < -0.3 is 25.4 Å². The Bertz CT molecular complexity index is 1420. The number of thiophene rings is 1. The van der Waals surface area contributed by atoms with Crippen LogP contribution in [0.1, 0.15) is 71.8 Å². The summed E-state index contributed by atoms with van der Waals surface area (Å²) in [7, 11) is 0. The van der Waals surface area contributed by atoms with Gasteiger partial charge in [0, 0.05) is 18.9 Å². The lowest BCUT2D eigenvalue weighted by Crippen LogP contribution is -2.56. The summed E-state index contributed by atoms with van der Waals surface area (Å²) >= 11 is 4.88. The highest BCUT2D eigenvalue weighted by molar-refractivity contribution is 9.11. The van der Waals surface area contributed by atoms with Crippen LogP contribution in [0.4, 0.5) is 4.79 Å². The molecule has 232 valence electrons. The van der Waals surface area contributed by atoms with E-state index in [9.17, 15) is 24.3 Å². The lowest BCUT2D eigenvalue weighted by molar-refractivity contribution is -0.145. The highest BCUT2D eigenvalue weighted by atomic mass is 79.9. The van der Waals surface area contributed by atoms with Crippen molar-refractivity contribution in [1.82, 2.24) is 35.7 Å². The van der Waals surface area contributed by atoms with E-state index in [1.54, 1.807) is 20.8 Å². The predicted molar refractivity (Wildman–Crippen MR) is 160 cm³/mol. The monoisotopic (exact) mass is 677 g/mol. The maximum absolute atomic E-state index is 14.1. The summed E-state index contributed by atoms with van der Waals surface area (Å²) in [6, 6.07) is 1.31. The number of rotatable bonds is 4. The maximum atomic E-state index is 14.1. The molecule has 0 aromatic carbocycles. The average Bonchev–Trinajstić information content (AvgIpc) is 3.35. The number of aromatic nitrogens is 4. The van der Waals surface area contributed by atoms with Gasteiger partial charge in [-0.15, -0.1) is 21.5 Å². The third kappa shape index (κ3) is 7.08. The number of carboxylic acids is 1. The number of carboxylic acid groups (broad SMARTS) is 1. The summed E-state index contributed by atoms with van der Waals surface area (Å²) in [6.07, 6.45) is 6.97. The number of carbonyl (C=O) groups is 4. The maximum Gasteiger partial charge on any atom is 0.408 e. The fourth-order valence-corrected chi connectivity index (χ4v) is 6.92. The molecule has 3 aliphatic rings. The van der Waals surface area contributed by atoms with Crippen molar-refractivity contribution >= 4 is 51.1 Å². The molecule has 1 aliphatic carbocycles. The van der Waals surface area contributed by atoms with E-state index in [1.165, 1.54) is 21.0 Å². The smallest absolute Gasteiger partial charge is 0.408 e. The second-order valence-electron chi connectivity index (χ2n) is 12.3. The van der Waals surface area contributed by atoms with E-state index in [0.29, 0.717) is 18.7 Å². The number of aliphatic carboxylic acids is 1. The van der Waals surface area contributed by atoms with Crippen LogP contribution in [0.3, 0.4) is 0 Å². The number of amides is 3. The molecule has 1 saturated heterocycles. The number of fused-ring (bicyclic) bond motifs is 2. The second kappa shape index (κ2) is 12.3. The molecule has 4 heterocycles. The Kier molecular flexibility index (Phi) is 8.93. The Morgan fingerprint density at radius 3 is 2.72 bits per heavy atom. The van der Waals surface area contributed by atoms with Gasteiger partial charge in [0.05, 0.1) is 14.7 Å².